The van der Waals surface area contributed by atoms with Gasteiger partial charge in [-0.05, 0) is 51.1 Å². The fourth-order valence-electron chi connectivity index (χ4n) is 4.50. The molecule has 1 aliphatic rings. The number of aromatic amines is 1. The number of ether oxygens (including phenoxy) is 2. The second kappa shape index (κ2) is 11.9. The van der Waals surface area contributed by atoms with Crippen molar-refractivity contribution in [1.82, 2.24) is 40.0 Å². The molecule has 0 bridgehead atoms. The molecule has 0 unspecified atom stereocenters. The number of aromatic nitrogens is 7. The molecule has 0 atom stereocenters. The van der Waals surface area contributed by atoms with Crippen molar-refractivity contribution in [2.24, 2.45) is 0 Å². The summed E-state index contributed by atoms with van der Waals surface area (Å²) >= 11 is 0. The van der Waals surface area contributed by atoms with Gasteiger partial charge in [-0.2, -0.15) is 5.10 Å². The lowest BCUT2D eigenvalue weighted by molar-refractivity contribution is 0.286. The summed E-state index contributed by atoms with van der Waals surface area (Å²) in [5.41, 5.74) is 3.79. The van der Waals surface area contributed by atoms with Gasteiger partial charge >= 0.3 is 0 Å². The predicted molar refractivity (Wildman–Crippen MR) is 149 cm³/mol. The number of imidazole rings is 1. The predicted octanol–water partition coefficient (Wildman–Crippen LogP) is 4.14. The molecular formula is C28H33N9O2. The highest BCUT2D eigenvalue weighted by Gasteiger charge is 2.18. The van der Waals surface area contributed by atoms with Gasteiger partial charge in [-0.1, -0.05) is 6.58 Å². The summed E-state index contributed by atoms with van der Waals surface area (Å²) in [4.78, 5) is 24.0. The van der Waals surface area contributed by atoms with E-state index in [2.05, 4.69) is 38.1 Å². The summed E-state index contributed by atoms with van der Waals surface area (Å²) in [6.45, 7) is 8.31. The van der Waals surface area contributed by atoms with E-state index in [0.29, 0.717) is 41.1 Å². The van der Waals surface area contributed by atoms with Gasteiger partial charge in [-0.25, -0.2) is 15.0 Å². The van der Waals surface area contributed by atoms with Crippen LogP contribution in [0.1, 0.15) is 31.6 Å². The van der Waals surface area contributed by atoms with Gasteiger partial charge in [0.25, 0.3) is 0 Å². The van der Waals surface area contributed by atoms with Gasteiger partial charge in [-0.15, -0.1) is 0 Å². The van der Waals surface area contributed by atoms with Gasteiger partial charge in [-0.3, -0.25) is 9.67 Å². The monoisotopic (exact) mass is 527 g/mol. The Kier molecular flexibility index (Phi) is 7.97. The van der Waals surface area contributed by atoms with Crippen LogP contribution in [-0.4, -0.2) is 62.0 Å². The normalized spacial score (nSPS) is 14.9. The molecule has 2 N–H and O–H groups in total. The molecule has 5 heterocycles. The third-order valence-corrected chi connectivity index (χ3v) is 6.69. The van der Waals surface area contributed by atoms with Crippen molar-refractivity contribution in [3.8, 4) is 11.3 Å². The highest BCUT2D eigenvalue weighted by Crippen LogP contribution is 2.26. The number of fused-ring (bicyclic) bond motifs is 1. The van der Waals surface area contributed by atoms with Crippen LogP contribution in [0.25, 0.3) is 22.4 Å². The number of allylic oxidation sites excluding steroid dienone is 3. The first kappa shape index (κ1) is 26.1. The minimum atomic E-state index is 0.398. The molecule has 11 heteroatoms. The summed E-state index contributed by atoms with van der Waals surface area (Å²) < 4.78 is 12.8. The Bertz CT molecular complexity index is 1480. The van der Waals surface area contributed by atoms with Crippen molar-refractivity contribution in [2.75, 3.05) is 32.2 Å². The molecule has 0 aromatic carbocycles. The maximum atomic E-state index is 5.54. The smallest absolute Gasteiger partial charge is 0.180 e. The molecule has 1 fully saturated rings. The Hall–Kier alpha value is -4.51. The molecule has 0 saturated carbocycles. The minimum Gasteiger partial charge on any atom is -0.497 e. The number of nitrogens with one attached hydrogen (secondary N) is 2. The Morgan fingerprint density at radius 2 is 1.97 bits per heavy atom. The van der Waals surface area contributed by atoms with Gasteiger partial charge in [0.2, 0.25) is 0 Å². The minimum absolute atomic E-state index is 0.398. The van der Waals surface area contributed by atoms with Gasteiger partial charge in [0.05, 0.1) is 44.9 Å². The standard InChI is InChI=1S/C28H33N9O2/c1-19(13-23(39-4)14-20(2)38-3)36(18-26-30-11-12-31-26)27-6-5-24-28(35-27)34-25(16-32-24)21-15-33-37(17-21)22-7-9-29-10-8-22/h5-6,11-17,22,29H,2,7-10,18H2,1,3-4H3,(H,30,31)/b19-13+,23-14+. The topological polar surface area (TPSA) is 119 Å². The van der Waals surface area contributed by atoms with E-state index in [4.69, 9.17) is 19.4 Å². The number of piperidine rings is 1. The molecule has 4 aromatic rings. The van der Waals surface area contributed by atoms with Crippen LogP contribution in [0.2, 0.25) is 0 Å². The zero-order chi connectivity index (χ0) is 27.2. The van der Waals surface area contributed by atoms with Crippen molar-refractivity contribution in [2.45, 2.75) is 32.4 Å². The first-order valence-corrected chi connectivity index (χ1v) is 12.9. The van der Waals surface area contributed by atoms with Gasteiger partial charge in [0.1, 0.15) is 28.7 Å². The molecule has 5 rings (SSSR count). The van der Waals surface area contributed by atoms with Gasteiger partial charge < -0.3 is 24.7 Å². The fraction of sp³-hybridized carbons (Fsp3) is 0.321. The van der Waals surface area contributed by atoms with Crippen LogP contribution in [0, 0.1) is 0 Å². The van der Waals surface area contributed by atoms with E-state index in [1.54, 1.807) is 38.9 Å². The van der Waals surface area contributed by atoms with Gasteiger partial charge in [0, 0.05) is 35.9 Å². The van der Waals surface area contributed by atoms with Crippen LogP contribution in [0.3, 0.4) is 0 Å². The number of nitrogens with zero attached hydrogens (tertiary/aromatic N) is 7. The van der Waals surface area contributed by atoms with E-state index >= 15 is 0 Å². The van der Waals surface area contributed by atoms with Crippen molar-refractivity contribution < 1.29 is 9.47 Å². The first-order chi connectivity index (χ1) is 19.0. The van der Waals surface area contributed by atoms with Crippen LogP contribution in [0.15, 0.2) is 79.1 Å². The molecule has 4 aromatic heterocycles. The number of anilines is 1. The van der Waals surface area contributed by atoms with E-state index < -0.39 is 0 Å². The summed E-state index contributed by atoms with van der Waals surface area (Å²) in [6.07, 6.45) is 15.0. The van der Waals surface area contributed by atoms with Crippen LogP contribution in [0.5, 0.6) is 0 Å². The number of methoxy groups -OCH3 is 2. The van der Waals surface area contributed by atoms with Crippen LogP contribution >= 0.6 is 0 Å². The summed E-state index contributed by atoms with van der Waals surface area (Å²) in [6, 6.07) is 4.25. The van der Waals surface area contributed by atoms with Crippen molar-refractivity contribution in [1.29, 1.82) is 0 Å². The largest absolute Gasteiger partial charge is 0.497 e. The zero-order valence-corrected chi connectivity index (χ0v) is 22.5. The highest BCUT2D eigenvalue weighted by atomic mass is 16.5. The Labute approximate surface area is 227 Å². The van der Waals surface area contributed by atoms with E-state index in [-0.39, 0.29) is 0 Å². The average Bonchev–Trinajstić information content (AvgIpc) is 3.68. The fourth-order valence-corrected chi connectivity index (χ4v) is 4.50. The Morgan fingerprint density at radius 3 is 2.72 bits per heavy atom. The third kappa shape index (κ3) is 6.15. The molecule has 1 saturated heterocycles. The van der Waals surface area contributed by atoms with E-state index in [1.807, 2.05) is 40.9 Å². The second-order valence-corrected chi connectivity index (χ2v) is 9.29. The van der Waals surface area contributed by atoms with Crippen molar-refractivity contribution >= 4 is 17.0 Å². The quantitative estimate of drug-likeness (QED) is 0.232. The lowest BCUT2D eigenvalue weighted by atomic mass is 10.1. The highest BCUT2D eigenvalue weighted by molar-refractivity contribution is 5.75. The van der Waals surface area contributed by atoms with E-state index in [1.165, 1.54) is 0 Å². The zero-order valence-electron chi connectivity index (χ0n) is 22.5. The number of rotatable bonds is 10. The number of H-pyrrole nitrogens is 1. The van der Waals surface area contributed by atoms with Crippen LogP contribution in [-0.2, 0) is 16.0 Å². The molecule has 39 heavy (non-hydrogen) atoms. The number of hydrogen-bond acceptors (Lipinski definition) is 9. The molecule has 1 aliphatic heterocycles. The lowest BCUT2D eigenvalue weighted by Gasteiger charge is -2.24. The maximum Gasteiger partial charge on any atom is 0.180 e. The summed E-state index contributed by atoms with van der Waals surface area (Å²) in [7, 11) is 3.17. The molecule has 202 valence electrons. The van der Waals surface area contributed by atoms with Gasteiger partial charge in [0.15, 0.2) is 5.65 Å². The van der Waals surface area contributed by atoms with Crippen molar-refractivity contribution in [3.63, 3.8) is 0 Å². The van der Waals surface area contributed by atoms with Crippen LogP contribution < -0.4 is 10.2 Å². The molecule has 0 amide bonds. The number of pyridine rings is 1. The number of hydrogen-bond donors (Lipinski definition) is 2. The van der Waals surface area contributed by atoms with Crippen LogP contribution in [0.4, 0.5) is 5.82 Å². The first-order valence-electron chi connectivity index (χ1n) is 12.9. The Balaban J connectivity index is 1.48. The molecule has 0 aliphatic carbocycles. The van der Waals surface area contributed by atoms with Crippen molar-refractivity contribution in [3.05, 3.63) is 84.9 Å². The second-order valence-electron chi connectivity index (χ2n) is 9.29. The molecular weight excluding hydrogens is 494 g/mol. The Morgan fingerprint density at radius 1 is 1.13 bits per heavy atom. The lowest BCUT2D eigenvalue weighted by Crippen LogP contribution is -2.29. The summed E-state index contributed by atoms with van der Waals surface area (Å²) in [5, 5.41) is 8.01. The maximum absolute atomic E-state index is 5.54. The molecule has 11 nitrogen and oxygen atoms in total. The van der Waals surface area contributed by atoms with E-state index in [0.717, 1.165) is 48.7 Å². The third-order valence-electron chi connectivity index (χ3n) is 6.69. The van der Waals surface area contributed by atoms with E-state index in [9.17, 15) is 0 Å². The average molecular weight is 528 g/mol. The molecule has 0 spiro atoms. The SMILES string of the molecule is C=C(/C=C(\C=C(/C)N(Cc1ncc[nH]1)c1ccc2ncc(-c3cnn(C4CCNCC4)c3)nc2n1)OC)OC. The summed E-state index contributed by atoms with van der Waals surface area (Å²) in [5.74, 6) is 2.57. The molecule has 0 radical (unpaired) electrons.